The van der Waals surface area contributed by atoms with Crippen molar-refractivity contribution in [1.82, 2.24) is 0 Å². The monoisotopic (exact) mass is 301 g/mol. The first-order valence-corrected chi connectivity index (χ1v) is 7.43. The quantitative estimate of drug-likeness (QED) is 0.867. The lowest BCUT2D eigenvalue weighted by Gasteiger charge is -2.20. The summed E-state index contributed by atoms with van der Waals surface area (Å²) in [5.41, 5.74) is 4.42. The zero-order chi connectivity index (χ0) is 14.8. The molecule has 0 aromatic heterocycles. The Hall–Kier alpha value is -2.00. The van der Waals surface area contributed by atoms with E-state index in [2.05, 4.69) is 11.4 Å². The number of anilines is 2. The van der Waals surface area contributed by atoms with Gasteiger partial charge in [-0.1, -0.05) is 23.7 Å². The first-order chi connectivity index (χ1) is 10.1. The van der Waals surface area contributed by atoms with E-state index in [0.717, 1.165) is 18.5 Å². The standard InChI is InChI=1S/C17H16ClNO2/c18-12-8-9-16(14(10-12)17(20)21)19-15-7-3-5-11-4-1-2-6-13(11)15/h3,5,7-10,19H,1-2,4,6H2,(H,20,21). The molecule has 0 atom stereocenters. The van der Waals surface area contributed by atoms with Crippen LogP contribution in [0, 0.1) is 0 Å². The van der Waals surface area contributed by atoms with E-state index in [9.17, 15) is 9.90 Å². The molecular weight excluding hydrogens is 286 g/mol. The second kappa shape index (κ2) is 5.78. The molecule has 3 nitrogen and oxygen atoms in total. The zero-order valence-electron chi connectivity index (χ0n) is 11.5. The van der Waals surface area contributed by atoms with Gasteiger partial charge in [-0.2, -0.15) is 0 Å². The summed E-state index contributed by atoms with van der Waals surface area (Å²) >= 11 is 5.89. The van der Waals surface area contributed by atoms with Gasteiger partial charge in [0.25, 0.3) is 0 Å². The molecule has 0 unspecified atom stereocenters. The highest BCUT2D eigenvalue weighted by atomic mass is 35.5. The minimum absolute atomic E-state index is 0.191. The maximum Gasteiger partial charge on any atom is 0.337 e. The Balaban J connectivity index is 2.00. The van der Waals surface area contributed by atoms with Crippen LogP contribution in [0.5, 0.6) is 0 Å². The Morgan fingerprint density at radius 2 is 1.90 bits per heavy atom. The number of aromatic carboxylic acids is 1. The second-order valence-electron chi connectivity index (χ2n) is 5.27. The molecule has 0 aliphatic heterocycles. The van der Waals surface area contributed by atoms with Gasteiger partial charge in [0.15, 0.2) is 0 Å². The summed E-state index contributed by atoms with van der Waals surface area (Å²) in [6, 6.07) is 11.1. The van der Waals surface area contributed by atoms with Crippen LogP contribution in [0.25, 0.3) is 0 Å². The Morgan fingerprint density at radius 3 is 2.71 bits per heavy atom. The van der Waals surface area contributed by atoms with E-state index in [4.69, 9.17) is 11.6 Å². The summed E-state index contributed by atoms with van der Waals surface area (Å²) in [6.45, 7) is 0. The maximum absolute atomic E-state index is 11.4. The number of hydrogen-bond acceptors (Lipinski definition) is 2. The highest BCUT2D eigenvalue weighted by Gasteiger charge is 2.15. The topological polar surface area (TPSA) is 49.3 Å². The van der Waals surface area contributed by atoms with Gasteiger partial charge in [0, 0.05) is 10.7 Å². The van der Waals surface area contributed by atoms with E-state index in [0.29, 0.717) is 10.7 Å². The van der Waals surface area contributed by atoms with Crippen molar-refractivity contribution in [2.24, 2.45) is 0 Å². The Morgan fingerprint density at radius 1 is 1.10 bits per heavy atom. The predicted octanol–water partition coefficient (Wildman–Crippen LogP) is 4.66. The van der Waals surface area contributed by atoms with Crippen molar-refractivity contribution in [2.75, 3.05) is 5.32 Å². The number of carboxylic acids is 1. The number of hydrogen-bond donors (Lipinski definition) is 2. The highest BCUT2D eigenvalue weighted by Crippen LogP contribution is 2.31. The number of carboxylic acid groups (broad SMARTS) is 1. The number of fused-ring (bicyclic) bond motifs is 1. The van der Waals surface area contributed by atoms with Crippen molar-refractivity contribution in [2.45, 2.75) is 25.7 Å². The molecule has 3 rings (SSSR count). The molecule has 0 saturated heterocycles. The summed E-state index contributed by atoms with van der Waals surface area (Å²) in [5.74, 6) is -0.982. The molecule has 108 valence electrons. The first kappa shape index (κ1) is 14.0. The van der Waals surface area contributed by atoms with Crippen LogP contribution in [0.2, 0.25) is 5.02 Å². The van der Waals surface area contributed by atoms with Crippen molar-refractivity contribution in [3.8, 4) is 0 Å². The lowest BCUT2D eigenvalue weighted by Crippen LogP contribution is -2.08. The lowest BCUT2D eigenvalue weighted by atomic mass is 9.90. The molecule has 1 aliphatic carbocycles. The molecule has 1 aliphatic rings. The van der Waals surface area contributed by atoms with Crippen molar-refractivity contribution in [3.05, 3.63) is 58.1 Å². The van der Waals surface area contributed by atoms with Gasteiger partial charge in [0.2, 0.25) is 0 Å². The van der Waals surface area contributed by atoms with E-state index >= 15 is 0 Å². The van der Waals surface area contributed by atoms with Gasteiger partial charge in [-0.05, 0) is 61.1 Å². The fraction of sp³-hybridized carbons (Fsp3) is 0.235. The van der Waals surface area contributed by atoms with E-state index in [1.165, 1.54) is 30.0 Å². The third-order valence-corrected chi connectivity index (χ3v) is 4.11. The second-order valence-corrected chi connectivity index (χ2v) is 5.71. The fourth-order valence-electron chi connectivity index (χ4n) is 2.85. The van der Waals surface area contributed by atoms with Gasteiger partial charge in [0.05, 0.1) is 11.3 Å². The summed E-state index contributed by atoms with van der Waals surface area (Å²) in [6.07, 6.45) is 4.53. The summed E-state index contributed by atoms with van der Waals surface area (Å²) in [4.78, 5) is 11.4. The number of benzene rings is 2. The van der Waals surface area contributed by atoms with Crippen LogP contribution in [0.1, 0.15) is 34.3 Å². The third kappa shape index (κ3) is 2.88. The van der Waals surface area contributed by atoms with Crippen LogP contribution in [-0.2, 0) is 12.8 Å². The minimum Gasteiger partial charge on any atom is -0.478 e. The van der Waals surface area contributed by atoms with Crippen LogP contribution in [0.15, 0.2) is 36.4 Å². The predicted molar refractivity (Wildman–Crippen MR) is 84.8 cm³/mol. The highest BCUT2D eigenvalue weighted by molar-refractivity contribution is 6.31. The Kier molecular flexibility index (Phi) is 3.84. The zero-order valence-corrected chi connectivity index (χ0v) is 12.3. The number of nitrogens with one attached hydrogen (secondary N) is 1. The largest absolute Gasteiger partial charge is 0.478 e. The van der Waals surface area contributed by atoms with Gasteiger partial charge < -0.3 is 10.4 Å². The average Bonchev–Trinajstić information content (AvgIpc) is 2.49. The normalized spacial score (nSPS) is 13.6. The van der Waals surface area contributed by atoms with Crippen molar-refractivity contribution in [3.63, 3.8) is 0 Å². The first-order valence-electron chi connectivity index (χ1n) is 7.06. The minimum atomic E-state index is -0.982. The van der Waals surface area contributed by atoms with Crippen LogP contribution >= 0.6 is 11.6 Å². The third-order valence-electron chi connectivity index (χ3n) is 3.88. The average molecular weight is 302 g/mol. The van der Waals surface area contributed by atoms with Gasteiger partial charge in [-0.25, -0.2) is 4.79 Å². The number of rotatable bonds is 3. The SMILES string of the molecule is O=C(O)c1cc(Cl)ccc1Nc1cccc2c1CCCC2. The molecule has 0 fully saturated rings. The summed E-state index contributed by atoms with van der Waals surface area (Å²) in [7, 11) is 0. The molecule has 0 radical (unpaired) electrons. The van der Waals surface area contributed by atoms with Gasteiger partial charge in [0.1, 0.15) is 0 Å². The fourth-order valence-corrected chi connectivity index (χ4v) is 3.02. The molecule has 0 spiro atoms. The van der Waals surface area contributed by atoms with Crippen LogP contribution in [0.4, 0.5) is 11.4 Å². The molecule has 0 amide bonds. The molecule has 2 aromatic carbocycles. The molecular formula is C17H16ClNO2. The maximum atomic E-state index is 11.4. The van der Waals surface area contributed by atoms with Crippen molar-refractivity contribution in [1.29, 1.82) is 0 Å². The number of aryl methyl sites for hydroxylation is 1. The van der Waals surface area contributed by atoms with Crippen molar-refractivity contribution >= 4 is 28.9 Å². The van der Waals surface area contributed by atoms with Gasteiger partial charge in [-0.3, -0.25) is 0 Å². The van der Waals surface area contributed by atoms with Crippen LogP contribution in [0.3, 0.4) is 0 Å². The van der Waals surface area contributed by atoms with E-state index in [-0.39, 0.29) is 5.56 Å². The van der Waals surface area contributed by atoms with Gasteiger partial charge >= 0.3 is 5.97 Å². The molecule has 0 heterocycles. The van der Waals surface area contributed by atoms with E-state index in [1.807, 2.05) is 12.1 Å². The summed E-state index contributed by atoms with van der Waals surface area (Å²) in [5, 5.41) is 13.0. The van der Waals surface area contributed by atoms with Crippen molar-refractivity contribution < 1.29 is 9.90 Å². The van der Waals surface area contributed by atoms with E-state index < -0.39 is 5.97 Å². The van der Waals surface area contributed by atoms with Gasteiger partial charge in [-0.15, -0.1) is 0 Å². The molecule has 0 bridgehead atoms. The van der Waals surface area contributed by atoms with Crippen LogP contribution in [-0.4, -0.2) is 11.1 Å². The Labute approximate surface area is 128 Å². The molecule has 4 heteroatoms. The Bertz CT molecular complexity index is 697. The molecule has 2 N–H and O–H groups in total. The number of halogens is 1. The molecule has 21 heavy (non-hydrogen) atoms. The van der Waals surface area contributed by atoms with Crippen LogP contribution < -0.4 is 5.32 Å². The molecule has 2 aromatic rings. The smallest absolute Gasteiger partial charge is 0.337 e. The number of carbonyl (C=O) groups is 1. The lowest BCUT2D eigenvalue weighted by molar-refractivity contribution is 0.0698. The van der Waals surface area contributed by atoms with E-state index in [1.54, 1.807) is 12.1 Å². The molecule has 0 saturated carbocycles. The summed E-state index contributed by atoms with van der Waals surface area (Å²) < 4.78 is 0.